The Morgan fingerprint density at radius 2 is 1.82 bits per heavy atom. The molecule has 4 atom stereocenters. The monoisotopic (exact) mass is 236 g/mol. The minimum atomic E-state index is 1.08. The molecule has 1 N–H and O–H groups in total. The van der Waals surface area contributed by atoms with Crippen LogP contribution < -0.4 is 5.32 Å². The Hall–Kier alpha value is -0.0800. The molecule has 0 aromatic carbocycles. The molecule has 4 unspecified atom stereocenters. The van der Waals surface area contributed by atoms with E-state index in [1.807, 2.05) is 0 Å². The van der Waals surface area contributed by atoms with Gasteiger partial charge in [0.1, 0.15) is 0 Å². The van der Waals surface area contributed by atoms with E-state index in [1.54, 1.807) is 19.3 Å². The van der Waals surface area contributed by atoms with Crippen molar-refractivity contribution in [3.05, 3.63) is 0 Å². The summed E-state index contributed by atoms with van der Waals surface area (Å²) in [6, 6.07) is 0. The third kappa shape index (κ3) is 2.26. The largest absolute Gasteiger partial charge is 0.315 e. The molecule has 0 aromatic heterocycles. The molecule has 3 aliphatic rings. The lowest BCUT2D eigenvalue weighted by Crippen LogP contribution is -2.31. The maximum Gasteiger partial charge on any atom is 0.0104 e. The molecule has 0 aliphatic heterocycles. The highest BCUT2D eigenvalue weighted by Gasteiger charge is 2.64. The van der Waals surface area contributed by atoms with E-state index in [2.05, 4.69) is 24.2 Å². The van der Waals surface area contributed by atoms with Crippen LogP contribution in [0.4, 0.5) is 0 Å². The van der Waals surface area contributed by atoms with Gasteiger partial charge in [-0.25, -0.2) is 0 Å². The molecular formula is C15H28N2. The highest BCUT2D eigenvalue weighted by Crippen LogP contribution is 2.69. The fourth-order valence-corrected chi connectivity index (χ4v) is 4.77. The summed E-state index contributed by atoms with van der Waals surface area (Å²) in [4.78, 5) is 2.56. The quantitative estimate of drug-likeness (QED) is 0.682. The number of nitrogens with one attached hydrogen (secondary N) is 1. The Labute approximate surface area is 106 Å². The Bertz CT molecular complexity index is 250. The minimum Gasteiger partial charge on any atom is -0.315 e. The Balaban J connectivity index is 1.35. The number of fused-ring (bicyclic) bond motifs is 5. The Morgan fingerprint density at radius 1 is 1.12 bits per heavy atom. The Morgan fingerprint density at radius 3 is 2.47 bits per heavy atom. The van der Waals surface area contributed by atoms with Crippen molar-refractivity contribution in [3.8, 4) is 0 Å². The van der Waals surface area contributed by atoms with Crippen LogP contribution in [0.15, 0.2) is 0 Å². The highest BCUT2D eigenvalue weighted by molar-refractivity contribution is 5.13. The average molecular weight is 236 g/mol. The summed E-state index contributed by atoms with van der Waals surface area (Å²) in [5, 5.41) is 3.50. The average Bonchev–Trinajstić information content (AvgIpc) is 2.74. The molecule has 17 heavy (non-hydrogen) atoms. The van der Waals surface area contributed by atoms with Gasteiger partial charge in [0, 0.05) is 19.6 Å². The van der Waals surface area contributed by atoms with Gasteiger partial charge in [-0.15, -0.1) is 0 Å². The van der Waals surface area contributed by atoms with Gasteiger partial charge < -0.3 is 10.2 Å². The van der Waals surface area contributed by atoms with Crippen LogP contribution in [0, 0.1) is 29.6 Å². The fourth-order valence-electron chi connectivity index (χ4n) is 4.77. The zero-order valence-electron chi connectivity index (χ0n) is 11.5. The normalized spacial score (nSPS) is 42.2. The number of hydrogen-bond acceptors (Lipinski definition) is 2. The molecule has 2 heteroatoms. The van der Waals surface area contributed by atoms with Gasteiger partial charge >= 0.3 is 0 Å². The van der Waals surface area contributed by atoms with Crippen LogP contribution in [-0.2, 0) is 0 Å². The lowest BCUT2D eigenvalue weighted by molar-refractivity contribution is 0.288. The van der Waals surface area contributed by atoms with Crippen LogP contribution in [0.5, 0.6) is 0 Å². The van der Waals surface area contributed by atoms with E-state index in [0.29, 0.717) is 0 Å². The molecule has 3 fully saturated rings. The van der Waals surface area contributed by atoms with Crippen LogP contribution >= 0.6 is 0 Å². The van der Waals surface area contributed by atoms with Gasteiger partial charge in [-0.1, -0.05) is 6.92 Å². The maximum absolute atomic E-state index is 3.50. The number of nitrogens with zero attached hydrogens (tertiary/aromatic N) is 1. The summed E-state index contributed by atoms with van der Waals surface area (Å²) in [7, 11) is 2.31. The van der Waals surface area contributed by atoms with Crippen LogP contribution in [-0.4, -0.2) is 38.1 Å². The summed E-state index contributed by atoms with van der Waals surface area (Å²) >= 11 is 0. The SMILES string of the molecule is CCCNCCN(C)CC1C2C3CCC(C3)C12. The van der Waals surface area contributed by atoms with E-state index in [4.69, 9.17) is 0 Å². The van der Waals surface area contributed by atoms with Crippen molar-refractivity contribution in [2.24, 2.45) is 29.6 Å². The zero-order valence-corrected chi connectivity index (χ0v) is 11.5. The minimum absolute atomic E-state index is 1.08. The molecule has 3 rings (SSSR count). The van der Waals surface area contributed by atoms with Crippen molar-refractivity contribution in [2.45, 2.75) is 32.6 Å². The van der Waals surface area contributed by atoms with Gasteiger partial charge in [-0.05, 0) is 68.9 Å². The van der Waals surface area contributed by atoms with Crippen LogP contribution in [0.3, 0.4) is 0 Å². The molecule has 3 saturated carbocycles. The molecular weight excluding hydrogens is 208 g/mol. The highest BCUT2D eigenvalue weighted by atomic mass is 15.1. The smallest absolute Gasteiger partial charge is 0.0104 e. The van der Waals surface area contributed by atoms with Crippen LogP contribution in [0.1, 0.15) is 32.6 Å². The third-order valence-electron chi connectivity index (χ3n) is 5.51. The standard InChI is InChI=1S/C15H28N2/c1-3-6-16-7-8-17(2)10-13-14-11-4-5-12(9-11)15(13)14/h11-16H,3-10H2,1-2H3. The van der Waals surface area contributed by atoms with Crippen molar-refractivity contribution < 1.29 is 0 Å². The Kier molecular flexibility index (Phi) is 3.45. The topological polar surface area (TPSA) is 15.3 Å². The second kappa shape index (κ2) is 4.89. The van der Waals surface area contributed by atoms with Gasteiger partial charge in [0.2, 0.25) is 0 Å². The molecule has 98 valence electrons. The van der Waals surface area contributed by atoms with Gasteiger partial charge in [-0.2, -0.15) is 0 Å². The van der Waals surface area contributed by atoms with E-state index >= 15 is 0 Å². The van der Waals surface area contributed by atoms with Gasteiger partial charge in [0.25, 0.3) is 0 Å². The van der Waals surface area contributed by atoms with Crippen molar-refractivity contribution in [2.75, 3.05) is 33.2 Å². The second-order valence-corrected chi connectivity index (χ2v) is 6.66. The molecule has 0 amide bonds. The number of rotatable bonds is 7. The summed E-state index contributed by atoms with van der Waals surface area (Å²) in [5.74, 6) is 5.67. The van der Waals surface area contributed by atoms with Crippen molar-refractivity contribution in [1.29, 1.82) is 0 Å². The lowest BCUT2D eigenvalue weighted by atomic mass is 10.0. The predicted octanol–water partition coefficient (Wildman–Crippen LogP) is 2.21. The first kappa shape index (κ1) is 12.0. The van der Waals surface area contributed by atoms with Crippen LogP contribution in [0.25, 0.3) is 0 Å². The summed E-state index contributed by atoms with van der Waals surface area (Å²) in [6.45, 7) is 7.17. The molecule has 0 radical (unpaired) electrons. The van der Waals surface area contributed by atoms with Crippen molar-refractivity contribution in [3.63, 3.8) is 0 Å². The van der Waals surface area contributed by atoms with Gasteiger partial charge in [-0.3, -0.25) is 0 Å². The molecule has 0 saturated heterocycles. The van der Waals surface area contributed by atoms with E-state index in [-0.39, 0.29) is 0 Å². The van der Waals surface area contributed by atoms with Gasteiger partial charge in [0.05, 0.1) is 0 Å². The summed E-state index contributed by atoms with van der Waals surface area (Å²) < 4.78 is 0. The second-order valence-electron chi connectivity index (χ2n) is 6.66. The van der Waals surface area contributed by atoms with Gasteiger partial charge in [0.15, 0.2) is 0 Å². The van der Waals surface area contributed by atoms with E-state index < -0.39 is 0 Å². The summed E-state index contributed by atoms with van der Waals surface area (Å²) in [6.07, 6.45) is 5.96. The van der Waals surface area contributed by atoms with E-state index in [1.165, 1.54) is 32.6 Å². The van der Waals surface area contributed by atoms with Crippen molar-refractivity contribution in [1.82, 2.24) is 10.2 Å². The predicted molar refractivity (Wildman–Crippen MR) is 72.0 cm³/mol. The number of hydrogen-bond donors (Lipinski definition) is 1. The number of likely N-dealkylation sites (N-methyl/N-ethyl adjacent to an activating group) is 1. The van der Waals surface area contributed by atoms with Crippen molar-refractivity contribution >= 4 is 0 Å². The zero-order chi connectivity index (χ0) is 11.8. The van der Waals surface area contributed by atoms with Crippen LogP contribution in [0.2, 0.25) is 0 Å². The first-order valence-electron chi connectivity index (χ1n) is 7.70. The molecule has 0 spiro atoms. The molecule has 0 aromatic rings. The molecule has 0 heterocycles. The summed E-state index contributed by atoms with van der Waals surface area (Å²) in [5.41, 5.74) is 0. The molecule has 3 aliphatic carbocycles. The van der Waals surface area contributed by atoms with E-state index in [9.17, 15) is 0 Å². The van der Waals surface area contributed by atoms with E-state index in [0.717, 1.165) is 29.6 Å². The third-order valence-corrected chi connectivity index (χ3v) is 5.51. The lowest BCUT2D eigenvalue weighted by Gasteiger charge is -2.19. The fraction of sp³-hybridized carbons (Fsp3) is 1.00. The first-order chi connectivity index (χ1) is 8.31. The first-order valence-corrected chi connectivity index (χ1v) is 7.70. The molecule has 2 nitrogen and oxygen atoms in total. The molecule has 2 bridgehead atoms. The maximum atomic E-state index is 3.50.